The molecule has 0 unspecified atom stereocenters. The van der Waals surface area contributed by atoms with Crippen LogP contribution < -0.4 is 29.6 Å². The average Bonchev–Trinajstić information content (AvgIpc) is 1.25. The molecule has 52 valence electrons. The van der Waals surface area contributed by atoms with Crippen LogP contribution in [0.15, 0.2) is 0 Å². The van der Waals surface area contributed by atoms with Crippen molar-refractivity contribution in [1.82, 2.24) is 0 Å². The number of rotatable bonds is 1. The third kappa shape index (κ3) is 4.79. The van der Waals surface area contributed by atoms with Crippen LogP contribution in [-0.2, 0) is 0 Å². The minimum Gasteiger partial charge on any atom is -1.00 e. The Morgan fingerprint density at radius 2 is 0.778 bits per heavy atom. The molecule has 0 aromatic rings. The van der Waals surface area contributed by atoms with Crippen molar-refractivity contribution in [3.05, 3.63) is 0 Å². The largest absolute Gasteiger partial charge is 1.00 e. The average molecular weight is 170 g/mol. The molecule has 0 heterocycles. The Morgan fingerprint density at radius 1 is 0.667 bits per heavy atom. The predicted octanol–water partition coefficient (Wildman–Crippen LogP) is -0.142. The van der Waals surface area contributed by atoms with E-state index in [9.17, 15) is 0 Å². The summed E-state index contributed by atoms with van der Waals surface area (Å²) in [5.74, 6) is 0. The van der Waals surface area contributed by atoms with Crippen molar-refractivity contribution >= 4 is 15.2 Å². The Kier molecular flexibility index (Phi) is 5.39. The van der Waals surface area contributed by atoms with E-state index < -0.39 is 15.2 Å². The van der Waals surface area contributed by atoms with Gasteiger partial charge in [0.05, 0.1) is 0 Å². The van der Waals surface area contributed by atoms with Crippen molar-refractivity contribution in [1.29, 1.82) is 0 Å². The van der Waals surface area contributed by atoms with E-state index >= 15 is 0 Å². The second-order valence-electron chi connectivity index (χ2n) is 4.50. The summed E-state index contributed by atoms with van der Waals surface area (Å²) >= 11 is 0. The van der Waals surface area contributed by atoms with Crippen molar-refractivity contribution in [2.45, 2.75) is 39.3 Å². The summed E-state index contributed by atoms with van der Waals surface area (Å²) in [4.78, 5) is 0. The number of hydrogen-bond donors (Lipinski definition) is 0. The van der Waals surface area contributed by atoms with Gasteiger partial charge in [0.2, 0.25) is 0 Å². The minimum atomic E-state index is -0.720. The van der Waals surface area contributed by atoms with Crippen molar-refractivity contribution in [2.24, 2.45) is 0 Å². The first-order chi connectivity index (χ1) is 3.25. The van der Waals surface area contributed by atoms with Gasteiger partial charge < -0.3 is 1.43 Å². The number of hydrogen-bond acceptors (Lipinski definition) is 0. The van der Waals surface area contributed by atoms with Crippen LogP contribution in [0.2, 0.25) is 39.3 Å². The molecule has 0 bridgehead atoms. The molecule has 0 saturated heterocycles. The predicted molar refractivity (Wildman–Crippen MR) is 47.8 cm³/mol. The van der Waals surface area contributed by atoms with Crippen LogP contribution in [0.25, 0.3) is 0 Å². The molecule has 0 aliphatic carbocycles. The molecule has 0 aromatic carbocycles. The molecule has 0 nitrogen and oxygen atoms in total. The molecule has 0 amide bonds. The van der Waals surface area contributed by atoms with Crippen molar-refractivity contribution < 1.29 is 31.0 Å². The molecule has 0 saturated carbocycles. The summed E-state index contributed by atoms with van der Waals surface area (Å²) in [6.07, 6.45) is 0. The Labute approximate surface area is 85.0 Å². The molecular weight excluding hydrogens is 151 g/mol. The van der Waals surface area contributed by atoms with Crippen LogP contribution in [0.4, 0.5) is 0 Å². The van der Waals surface area contributed by atoms with Gasteiger partial charge in [-0.15, -0.1) is 0 Å². The third-order valence-corrected chi connectivity index (χ3v) is 20.2. The smallest absolute Gasteiger partial charge is 1.00 e. The van der Waals surface area contributed by atoms with Crippen LogP contribution >= 0.6 is 0 Å². The molecular formula is C6H19NaSi2. The van der Waals surface area contributed by atoms with Crippen LogP contribution in [0.1, 0.15) is 1.43 Å². The quantitative estimate of drug-likeness (QED) is 0.481. The van der Waals surface area contributed by atoms with Gasteiger partial charge in [0.1, 0.15) is 0 Å². The van der Waals surface area contributed by atoms with E-state index in [-0.39, 0.29) is 31.0 Å². The van der Waals surface area contributed by atoms with Gasteiger partial charge in [-0.1, -0.05) is 39.3 Å². The van der Waals surface area contributed by atoms with Gasteiger partial charge in [0, 0.05) is 15.2 Å². The molecule has 0 atom stereocenters. The molecule has 0 aliphatic rings. The normalized spacial score (nSPS) is 12.7. The fourth-order valence-corrected chi connectivity index (χ4v) is 0. The SMILES string of the molecule is C[Si](C)(C)[Si](C)(C)C.[H-].[Na+]. The van der Waals surface area contributed by atoms with Crippen LogP contribution in [-0.4, -0.2) is 15.2 Å². The van der Waals surface area contributed by atoms with Crippen molar-refractivity contribution in [3.8, 4) is 0 Å². The van der Waals surface area contributed by atoms with Gasteiger partial charge in [-0.3, -0.25) is 0 Å². The molecule has 0 rings (SSSR count). The summed E-state index contributed by atoms with van der Waals surface area (Å²) in [6.45, 7) is 14.8. The summed E-state index contributed by atoms with van der Waals surface area (Å²) in [5.41, 5.74) is 0. The van der Waals surface area contributed by atoms with E-state index in [1.165, 1.54) is 0 Å². The Hall–Kier alpha value is 1.43. The first-order valence-corrected chi connectivity index (χ1v) is 11.2. The standard InChI is InChI=1S/C6H18Si2.Na.H/c1-7(2,3)8(4,5)6;;/h1-6H3;;/q;+1;-1. The van der Waals surface area contributed by atoms with Gasteiger partial charge in [-0.05, 0) is 0 Å². The summed E-state index contributed by atoms with van der Waals surface area (Å²) in [6, 6.07) is 0. The Bertz CT molecular complexity index is 70.7. The van der Waals surface area contributed by atoms with E-state index in [4.69, 9.17) is 0 Å². The van der Waals surface area contributed by atoms with E-state index in [0.717, 1.165) is 0 Å². The second-order valence-corrected chi connectivity index (χ2v) is 22.5. The van der Waals surface area contributed by atoms with Crippen LogP contribution in [0.3, 0.4) is 0 Å². The maximum atomic E-state index is 2.47. The minimum absolute atomic E-state index is 0. The zero-order valence-electron chi connectivity index (χ0n) is 9.00. The van der Waals surface area contributed by atoms with E-state index in [1.807, 2.05) is 0 Å². The summed E-state index contributed by atoms with van der Waals surface area (Å²) < 4.78 is 0. The topological polar surface area (TPSA) is 0 Å². The maximum Gasteiger partial charge on any atom is 1.00 e. The first kappa shape index (κ1) is 13.1. The van der Waals surface area contributed by atoms with Gasteiger partial charge in [0.15, 0.2) is 0 Å². The Balaban J connectivity index is -0.000000245. The fraction of sp³-hybridized carbons (Fsp3) is 1.00. The van der Waals surface area contributed by atoms with Gasteiger partial charge >= 0.3 is 29.6 Å². The molecule has 0 radical (unpaired) electrons. The summed E-state index contributed by atoms with van der Waals surface area (Å²) in [5, 5.41) is 0. The maximum absolute atomic E-state index is 2.47. The summed E-state index contributed by atoms with van der Waals surface area (Å²) in [7, 11) is -1.44. The zero-order valence-corrected chi connectivity index (χ0v) is 12.0. The van der Waals surface area contributed by atoms with E-state index in [2.05, 4.69) is 39.3 Å². The van der Waals surface area contributed by atoms with Crippen molar-refractivity contribution in [3.63, 3.8) is 0 Å². The zero-order chi connectivity index (χ0) is 7.00. The monoisotopic (exact) mass is 170 g/mol. The second kappa shape index (κ2) is 3.72. The van der Waals surface area contributed by atoms with Crippen LogP contribution in [0, 0.1) is 0 Å². The van der Waals surface area contributed by atoms with Crippen LogP contribution in [0.5, 0.6) is 0 Å². The molecule has 0 fully saturated rings. The van der Waals surface area contributed by atoms with Gasteiger partial charge in [-0.2, -0.15) is 0 Å². The van der Waals surface area contributed by atoms with Crippen molar-refractivity contribution in [2.75, 3.05) is 0 Å². The van der Waals surface area contributed by atoms with E-state index in [0.29, 0.717) is 0 Å². The third-order valence-electron chi connectivity index (χ3n) is 2.25. The molecule has 0 aliphatic heterocycles. The van der Waals surface area contributed by atoms with Gasteiger partial charge in [-0.25, -0.2) is 0 Å². The van der Waals surface area contributed by atoms with E-state index in [1.54, 1.807) is 0 Å². The molecule has 0 aromatic heterocycles. The molecule has 9 heavy (non-hydrogen) atoms. The fourth-order valence-electron chi connectivity index (χ4n) is 0. The Morgan fingerprint density at radius 3 is 0.778 bits per heavy atom. The molecule has 0 N–H and O–H groups in total. The molecule has 0 spiro atoms. The first-order valence-electron chi connectivity index (χ1n) is 3.25. The van der Waals surface area contributed by atoms with Gasteiger partial charge in [0.25, 0.3) is 0 Å². The molecule has 3 heteroatoms.